The molecule has 1 fully saturated rings. The first-order valence-corrected chi connectivity index (χ1v) is 5.71. The van der Waals surface area contributed by atoms with E-state index in [0.717, 1.165) is 12.8 Å². The Labute approximate surface area is 104 Å². The summed E-state index contributed by atoms with van der Waals surface area (Å²) in [6.45, 7) is 0. The van der Waals surface area contributed by atoms with E-state index < -0.39 is 5.97 Å². The minimum absolute atomic E-state index is 0.0339. The van der Waals surface area contributed by atoms with E-state index >= 15 is 0 Å². The van der Waals surface area contributed by atoms with Crippen LogP contribution in [0.5, 0.6) is 0 Å². The molecule has 0 unspecified atom stereocenters. The Balaban J connectivity index is 2.30. The van der Waals surface area contributed by atoms with Gasteiger partial charge in [0, 0.05) is 5.92 Å². The Morgan fingerprint density at radius 3 is 2.39 bits per heavy atom. The van der Waals surface area contributed by atoms with E-state index in [1.807, 2.05) is 0 Å². The molecule has 4 heteroatoms. The maximum atomic E-state index is 12.8. The Morgan fingerprint density at radius 2 is 1.89 bits per heavy atom. The summed E-state index contributed by atoms with van der Waals surface area (Å²) in [4.78, 5) is 23.5. The smallest absolute Gasteiger partial charge is 0.341 e. The van der Waals surface area contributed by atoms with Crippen molar-refractivity contribution in [3.05, 3.63) is 41.2 Å². The summed E-state index contributed by atoms with van der Waals surface area (Å²) in [5, 5.41) is 0. The van der Waals surface area contributed by atoms with Gasteiger partial charge in [-0.15, -0.1) is 0 Å². The van der Waals surface area contributed by atoms with Crippen molar-refractivity contribution in [2.45, 2.75) is 12.8 Å². The van der Waals surface area contributed by atoms with Crippen LogP contribution in [-0.4, -0.2) is 18.9 Å². The Kier molecular flexibility index (Phi) is 3.55. The van der Waals surface area contributed by atoms with Gasteiger partial charge >= 0.3 is 5.97 Å². The first-order valence-electron chi connectivity index (χ1n) is 5.71. The van der Waals surface area contributed by atoms with Gasteiger partial charge in [0.1, 0.15) is 11.4 Å². The molecule has 0 spiro atoms. The number of hydrogen-bond donors (Lipinski definition) is 0. The molecule has 0 saturated heterocycles. The normalized spacial score (nSPS) is 15.3. The van der Waals surface area contributed by atoms with Crippen LogP contribution in [0.2, 0.25) is 0 Å². The second-order valence-corrected chi connectivity index (χ2v) is 4.24. The van der Waals surface area contributed by atoms with E-state index in [1.54, 1.807) is 0 Å². The van der Waals surface area contributed by atoms with Crippen LogP contribution in [0.25, 0.3) is 6.08 Å². The average molecular weight is 248 g/mol. The molecule has 0 aromatic heterocycles. The lowest BCUT2D eigenvalue weighted by Crippen LogP contribution is -2.15. The second-order valence-electron chi connectivity index (χ2n) is 4.24. The van der Waals surface area contributed by atoms with Crippen molar-refractivity contribution in [3.8, 4) is 0 Å². The van der Waals surface area contributed by atoms with Crippen molar-refractivity contribution >= 4 is 17.8 Å². The van der Waals surface area contributed by atoms with Crippen molar-refractivity contribution in [1.82, 2.24) is 0 Å². The maximum Gasteiger partial charge on any atom is 0.341 e. The minimum Gasteiger partial charge on any atom is -0.465 e. The number of Topliss-reactive ketones (excluding diaryl/α,β-unsaturated/α-hetero) is 1. The summed E-state index contributed by atoms with van der Waals surface area (Å²) in [6, 6.07) is 5.58. The third-order valence-electron chi connectivity index (χ3n) is 2.80. The molecule has 3 nitrogen and oxygen atoms in total. The summed E-state index contributed by atoms with van der Waals surface area (Å²) in [5.41, 5.74) is 0.636. The number of carbonyl (C=O) groups is 2. The van der Waals surface area contributed by atoms with Crippen LogP contribution in [0.15, 0.2) is 29.8 Å². The SMILES string of the molecule is COC(=O)/C(=C\c1ccc(F)cc1)C(=O)C1CC1. The van der Waals surface area contributed by atoms with Crippen molar-refractivity contribution in [3.63, 3.8) is 0 Å². The van der Waals surface area contributed by atoms with E-state index in [-0.39, 0.29) is 23.1 Å². The first-order chi connectivity index (χ1) is 8.61. The van der Waals surface area contributed by atoms with Gasteiger partial charge in [0.05, 0.1) is 7.11 Å². The summed E-state index contributed by atoms with van der Waals surface area (Å²) < 4.78 is 17.4. The predicted octanol–water partition coefficient (Wildman–Crippen LogP) is 2.36. The van der Waals surface area contributed by atoms with Crippen LogP contribution in [0.4, 0.5) is 4.39 Å². The van der Waals surface area contributed by atoms with Crippen LogP contribution in [0.3, 0.4) is 0 Å². The number of carbonyl (C=O) groups excluding carboxylic acids is 2. The van der Waals surface area contributed by atoms with Crippen LogP contribution in [-0.2, 0) is 14.3 Å². The lowest BCUT2D eigenvalue weighted by Gasteiger charge is -2.04. The molecule has 18 heavy (non-hydrogen) atoms. The largest absolute Gasteiger partial charge is 0.465 e. The number of esters is 1. The lowest BCUT2D eigenvalue weighted by molar-refractivity contribution is -0.137. The molecule has 0 atom stereocenters. The van der Waals surface area contributed by atoms with Gasteiger partial charge in [0.2, 0.25) is 0 Å². The average Bonchev–Trinajstić information content (AvgIpc) is 3.20. The molecule has 0 aliphatic heterocycles. The Bertz CT molecular complexity index is 498. The van der Waals surface area contributed by atoms with Gasteiger partial charge < -0.3 is 4.74 Å². The summed E-state index contributed by atoms with van der Waals surface area (Å²) in [7, 11) is 1.24. The fourth-order valence-corrected chi connectivity index (χ4v) is 1.63. The van der Waals surface area contributed by atoms with E-state index in [1.165, 1.54) is 37.5 Å². The fraction of sp³-hybridized carbons (Fsp3) is 0.286. The van der Waals surface area contributed by atoms with E-state index in [2.05, 4.69) is 4.74 Å². The third kappa shape index (κ3) is 2.83. The number of hydrogen-bond acceptors (Lipinski definition) is 3. The summed E-state index contributed by atoms with van der Waals surface area (Å²) >= 11 is 0. The van der Waals surface area contributed by atoms with Gasteiger partial charge in [-0.2, -0.15) is 0 Å². The number of ether oxygens (including phenoxy) is 1. The van der Waals surface area contributed by atoms with Crippen LogP contribution in [0.1, 0.15) is 18.4 Å². The molecule has 1 aromatic rings. The van der Waals surface area contributed by atoms with Gasteiger partial charge in [0.25, 0.3) is 0 Å². The van der Waals surface area contributed by atoms with Crippen LogP contribution >= 0.6 is 0 Å². The zero-order chi connectivity index (χ0) is 13.1. The predicted molar refractivity (Wildman–Crippen MR) is 64.1 cm³/mol. The molecule has 2 rings (SSSR count). The standard InChI is InChI=1S/C14H13FO3/c1-18-14(17)12(13(16)10-4-5-10)8-9-2-6-11(15)7-3-9/h2-3,6-8,10H,4-5H2,1H3/b12-8-. The highest BCUT2D eigenvalue weighted by atomic mass is 19.1. The molecular weight excluding hydrogens is 235 g/mol. The lowest BCUT2D eigenvalue weighted by atomic mass is 10.0. The molecule has 1 aliphatic rings. The molecule has 94 valence electrons. The van der Waals surface area contributed by atoms with Gasteiger partial charge in [-0.05, 0) is 36.6 Å². The van der Waals surface area contributed by atoms with Crippen molar-refractivity contribution in [2.24, 2.45) is 5.92 Å². The number of benzene rings is 1. The molecular formula is C14H13FO3. The Morgan fingerprint density at radius 1 is 1.28 bits per heavy atom. The highest BCUT2D eigenvalue weighted by molar-refractivity contribution is 6.21. The van der Waals surface area contributed by atoms with Gasteiger partial charge in [-0.25, -0.2) is 9.18 Å². The molecule has 1 aromatic carbocycles. The van der Waals surface area contributed by atoms with Gasteiger partial charge in [0.15, 0.2) is 5.78 Å². The quantitative estimate of drug-likeness (QED) is 0.355. The van der Waals surface area contributed by atoms with E-state index in [0.29, 0.717) is 5.56 Å². The van der Waals surface area contributed by atoms with Crippen molar-refractivity contribution in [1.29, 1.82) is 0 Å². The number of halogens is 1. The maximum absolute atomic E-state index is 12.8. The third-order valence-corrected chi connectivity index (χ3v) is 2.80. The van der Waals surface area contributed by atoms with Gasteiger partial charge in [-0.3, -0.25) is 4.79 Å². The van der Waals surface area contributed by atoms with Crippen molar-refractivity contribution < 1.29 is 18.7 Å². The van der Waals surface area contributed by atoms with Crippen LogP contribution in [0, 0.1) is 11.7 Å². The van der Waals surface area contributed by atoms with Crippen molar-refractivity contribution in [2.75, 3.05) is 7.11 Å². The Hall–Kier alpha value is -1.97. The topological polar surface area (TPSA) is 43.4 Å². The van der Waals surface area contributed by atoms with Gasteiger partial charge in [-0.1, -0.05) is 12.1 Å². The zero-order valence-corrected chi connectivity index (χ0v) is 9.98. The highest BCUT2D eigenvalue weighted by Crippen LogP contribution is 2.33. The highest BCUT2D eigenvalue weighted by Gasteiger charge is 2.34. The second kappa shape index (κ2) is 5.12. The molecule has 0 bridgehead atoms. The molecule has 0 radical (unpaired) electrons. The number of methoxy groups -OCH3 is 1. The monoisotopic (exact) mass is 248 g/mol. The first kappa shape index (κ1) is 12.5. The number of ketones is 1. The summed E-state index contributed by atoms with van der Waals surface area (Å²) in [5.74, 6) is -1.25. The number of rotatable bonds is 4. The molecule has 1 aliphatic carbocycles. The molecule has 0 N–H and O–H groups in total. The van der Waals surface area contributed by atoms with E-state index in [9.17, 15) is 14.0 Å². The molecule has 1 saturated carbocycles. The van der Waals surface area contributed by atoms with E-state index in [4.69, 9.17) is 0 Å². The minimum atomic E-state index is -0.642. The zero-order valence-electron chi connectivity index (χ0n) is 9.98. The molecule has 0 amide bonds. The summed E-state index contributed by atoms with van der Waals surface area (Å²) in [6.07, 6.45) is 3.08. The fourth-order valence-electron chi connectivity index (χ4n) is 1.63. The van der Waals surface area contributed by atoms with Crippen LogP contribution < -0.4 is 0 Å². The molecule has 0 heterocycles.